The van der Waals surface area contributed by atoms with Crippen LogP contribution in [0.15, 0.2) is 48.7 Å². The summed E-state index contributed by atoms with van der Waals surface area (Å²) in [7, 11) is 0. The Kier molecular flexibility index (Phi) is 3.29. The zero-order valence-electron chi connectivity index (χ0n) is 12.0. The van der Waals surface area contributed by atoms with Crippen LogP contribution in [0.2, 0.25) is 0 Å². The van der Waals surface area contributed by atoms with Gasteiger partial charge in [-0.3, -0.25) is 4.98 Å². The van der Waals surface area contributed by atoms with Gasteiger partial charge in [-0.25, -0.2) is 0 Å². The van der Waals surface area contributed by atoms with E-state index in [0.29, 0.717) is 5.56 Å². The van der Waals surface area contributed by atoms with Gasteiger partial charge in [0.15, 0.2) is 0 Å². The zero-order chi connectivity index (χ0) is 14.8. The quantitative estimate of drug-likeness (QED) is 0.749. The number of nitrogens with one attached hydrogen (secondary N) is 1. The molecule has 3 aromatic rings. The molecule has 1 heterocycles. The third-order valence-electron chi connectivity index (χ3n) is 3.47. The number of benzene rings is 2. The van der Waals surface area contributed by atoms with Crippen molar-refractivity contribution in [1.82, 2.24) is 4.98 Å². The predicted octanol–water partition coefficient (Wildman–Crippen LogP) is 4.47. The van der Waals surface area contributed by atoms with Gasteiger partial charge in [-0.15, -0.1) is 0 Å². The van der Waals surface area contributed by atoms with Crippen LogP contribution in [0.3, 0.4) is 0 Å². The third-order valence-corrected chi connectivity index (χ3v) is 3.47. The van der Waals surface area contributed by atoms with Gasteiger partial charge in [0.05, 0.1) is 17.1 Å². The molecule has 0 saturated heterocycles. The van der Waals surface area contributed by atoms with Crippen LogP contribution in [-0.2, 0) is 0 Å². The summed E-state index contributed by atoms with van der Waals surface area (Å²) in [5.74, 6) is 0. The second-order valence-electron chi connectivity index (χ2n) is 5.15. The number of fused-ring (bicyclic) bond motifs is 1. The van der Waals surface area contributed by atoms with E-state index in [1.54, 1.807) is 0 Å². The Bertz CT molecular complexity index is 843. The third kappa shape index (κ3) is 2.56. The van der Waals surface area contributed by atoms with Gasteiger partial charge in [0, 0.05) is 23.0 Å². The van der Waals surface area contributed by atoms with E-state index in [9.17, 15) is 0 Å². The number of aromatic nitrogens is 1. The highest BCUT2D eigenvalue weighted by Crippen LogP contribution is 2.28. The molecule has 0 radical (unpaired) electrons. The fraction of sp³-hybridized carbons (Fsp3) is 0.111. The van der Waals surface area contributed by atoms with Crippen LogP contribution >= 0.6 is 0 Å². The molecule has 0 atom stereocenters. The molecular weight excluding hydrogens is 258 g/mol. The molecule has 0 aliphatic heterocycles. The number of rotatable bonds is 2. The smallest absolute Gasteiger partial charge is 0.0991 e. The number of pyridine rings is 1. The van der Waals surface area contributed by atoms with Gasteiger partial charge in [0.1, 0.15) is 0 Å². The molecule has 0 aliphatic rings. The summed E-state index contributed by atoms with van der Waals surface area (Å²) >= 11 is 0. The van der Waals surface area contributed by atoms with Crippen LogP contribution in [0.1, 0.15) is 16.7 Å². The summed E-state index contributed by atoms with van der Waals surface area (Å²) in [6.45, 7) is 4.17. The Labute approximate surface area is 123 Å². The van der Waals surface area contributed by atoms with Gasteiger partial charge in [-0.1, -0.05) is 11.6 Å². The summed E-state index contributed by atoms with van der Waals surface area (Å²) in [4.78, 5) is 4.47. The lowest BCUT2D eigenvalue weighted by Crippen LogP contribution is -1.94. The molecule has 2 aromatic carbocycles. The monoisotopic (exact) mass is 273 g/mol. The SMILES string of the molecule is Cc1cc(C)c2nccc(Nc3ccc(C#N)cc3)c2c1. The van der Waals surface area contributed by atoms with E-state index in [1.165, 1.54) is 11.1 Å². The second kappa shape index (κ2) is 5.26. The number of nitrogens with zero attached hydrogens (tertiary/aromatic N) is 2. The van der Waals surface area contributed by atoms with E-state index in [2.05, 4.69) is 42.4 Å². The topological polar surface area (TPSA) is 48.7 Å². The Morgan fingerprint density at radius 3 is 2.52 bits per heavy atom. The fourth-order valence-corrected chi connectivity index (χ4v) is 2.51. The summed E-state index contributed by atoms with van der Waals surface area (Å²) < 4.78 is 0. The lowest BCUT2D eigenvalue weighted by Gasteiger charge is -2.11. The number of aryl methyl sites for hydroxylation is 2. The lowest BCUT2D eigenvalue weighted by atomic mass is 10.1. The van der Waals surface area contributed by atoms with E-state index in [4.69, 9.17) is 5.26 Å². The maximum Gasteiger partial charge on any atom is 0.0991 e. The molecule has 1 aromatic heterocycles. The molecule has 3 rings (SSSR count). The molecule has 0 amide bonds. The summed E-state index contributed by atoms with van der Waals surface area (Å²) in [6, 6.07) is 15.8. The number of nitriles is 1. The Morgan fingerprint density at radius 2 is 1.81 bits per heavy atom. The molecule has 0 spiro atoms. The van der Waals surface area contributed by atoms with E-state index in [-0.39, 0.29) is 0 Å². The summed E-state index contributed by atoms with van der Waals surface area (Å²) in [5, 5.41) is 13.4. The predicted molar refractivity (Wildman–Crippen MR) is 85.7 cm³/mol. The first-order valence-electron chi connectivity index (χ1n) is 6.80. The van der Waals surface area contributed by atoms with Crippen LogP contribution in [0.4, 0.5) is 11.4 Å². The van der Waals surface area contributed by atoms with Crippen molar-refractivity contribution in [2.45, 2.75) is 13.8 Å². The Hall–Kier alpha value is -2.86. The highest BCUT2D eigenvalue weighted by Gasteiger charge is 2.05. The maximum absolute atomic E-state index is 8.84. The molecule has 3 heteroatoms. The number of hydrogen-bond donors (Lipinski definition) is 1. The first kappa shape index (κ1) is 13.1. The lowest BCUT2D eigenvalue weighted by molar-refractivity contribution is 1.34. The van der Waals surface area contributed by atoms with Gasteiger partial charge in [0.2, 0.25) is 0 Å². The molecule has 3 nitrogen and oxygen atoms in total. The standard InChI is InChI=1S/C18H15N3/c1-12-9-13(2)18-16(10-12)17(7-8-20-18)21-15-5-3-14(11-19)4-6-15/h3-10H,1-2H3,(H,20,21). The molecule has 0 saturated carbocycles. The first-order chi connectivity index (χ1) is 10.2. The molecule has 1 N–H and O–H groups in total. The summed E-state index contributed by atoms with van der Waals surface area (Å²) in [6.07, 6.45) is 1.82. The first-order valence-corrected chi connectivity index (χ1v) is 6.80. The van der Waals surface area contributed by atoms with Gasteiger partial charge in [-0.2, -0.15) is 5.26 Å². The van der Waals surface area contributed by atoms with Crippen LogP contribution < -0.4 is 5.32 Å². The van der Waals surface area contributed by atoms with Crippen molar-refractivity contribution in [3.8, 4) is 6.07 Å². The van der Waals surface area contributed by atoms with Crippen molar-refractivity contribution >= 4 is 22.3 Å². The molecule has 102 valence electrons. The largest absolute Gasteiger partial charge is 0.355 e. The van der Waals surface area contributed by atoms with Crippen LogP contribution in [0.5, 0.6) is 0 Å². The average Bonchev–Trinajstić information content (AvgIpc) is 2.49. The average molecular weight is 273 g/mol. The van der Waals surface area contributed by atoms with Crippen LogP contribution in [0.25, 0.3) is 10.9 Å². The minimum Gasteiger partial charge on any atom is -0.355 e. The van der Waals surface area contributed by atoms with Gasteiger partial charge in [-0.05, 0) is 55.8 Å². The molecule has 0 aliphatic carbocycles. The molecule has 0 bridgehead atoms. The van der Waals surface area contributed by atoms with Crippen molar-refractivity contribution in [2.75, 3.05) is 5.32 Å². The van der Waals surface area contributed by atoms with E-state index in [1.807, 2.05) is 36.5 Å². The normalized spacial score (nSPS) is 10.3. The molecular formula is C18H15N3. The van der Waals surface area contributed by atoms with Crippen LogP contribution in [-0.4, -0.2) is 4.98 Å². The van der Waals surface area contributed by atoms with Gasteiger partial charge in [0.25, 0.3) is 0 Å². The van der Waals surface area contributed by atoms with Crippen molar-refractivity contribution in [1.29, 1.82) is 5.26 Å². The maximum atomic E-state index is 8.84. The van der Waals surface area contributed by atoms with E-state index >= 15 is 0 Å². The molecule has 0 fully saturated rings. The van der Waals surface area contributed by atoms with Crippen molar-refractivity contribution in [3.05, 3.63) is 65.4 Å². The number of anilines is 2. The Balaban J connectivity index is 2.06. The summed E-state index contributed by atoms with van der Waals surface area (Å²) in [5.41, 5.74) is 6.05. The second-order valence-corrected chi connectivity index (χ2v) is 5.15. The van der Waals surface area contributed by atoms with Crippen molar-refractivity contribution in [2.24, 2.45) is 0 Å². The minimum atomic E-state index is 0.659. The minimum absolute atomic E-state index is 0.659. The van der Waals surface area contributed by atoms with E-state index in [0.717, 1.165) is 22.3 Å². The highest BCUT2D eigenvalue weighted by molar-refractivity contribution is 5.95. The number of hydrogen-bond acceptors (Lipinski definition) is 3. The van der Waals surface area contributed by atoms with Crippen molar-refractivity contribution < 1.29 is 0 Å². The van der Waals surface area contributed by atoms with Crippen molar-refractivity contribution in [3.63, 3.8) is 0 Å². The zero-order valence-corrected chi connectivity index (χ0v) is 12.0. The highest BCUT2D eigenvalue weighted by atomic mass is 14.9. The fourth-order valence-electron chi connectivity index (χ4n) is 2.51. The van der Waals surface area contributed by atoms with E-state index < -0.39 is 0 Å². The Morgan fingerprint density at radius 1 is 1.05 bits per heavy atom. The molecule has 0 unspecified atom stereocenters. The molecule has 21 heavy (non-hydrogen) atoms. The van der Waals surface area contributed by atoms with Gasteiger partial charge < -0.3 is 5.32 Å². The van der Waals surface area contributed by atoms with Gasteiger partial charge >= 0.3 is 0 Å². The van der Waals surface area contributed by atoms with Crippen LogP contribution in [0, 0.1) is 25.2 Å².